The lowest BCUT2D eigenvalue weighted by atomic mass is 9.94. The third kappa shape index (κ3) is 2.48. The molecule has 0 atom stereocenters. The molecular formula is C16H17ClN2S. The van der Waals surface area contributed by atoms with Crippen molar-refractivity contribution in [3.8, 4) is 10.7 Å². The summed E-state index contributed by atoms with van der Waals surface area (Å²) in [6.45, 7) is 4.48. The standard InChI is InChI=1S/C16H17ClN2S/c1-3-10(4-2)11-5-6-12-13(9-11)19-16(18-12)14-7-8-15(17)20-14/h5-10H,3-4H2,1-2H3,(H,18,19). The van der Waals surface area contributed by atoms with E-state index in [9.17, 15) is 0 Å². The summed E-state index contributed by atoms with van der Waals surface area (Å²) in [5.74, 6) is 1.53. The van der Waals surface area contributed by atoms with Crippen LogP contribution in [-0.2, 0) is 0 Å². The molecule has 4 heteroatoms. The number of rotatable bonds is 4. The summed E-state index contributed by atoms with van der Waals surface area (Å²) in [5.41, 5.74) is 3.51. The van der Waals surface area contributed by atoms with E-state index in [1.165, 1.54) is 18.4 Å². The molecular weight excluding hydrogens is 288 g/mol. The second kappa shape index (κ2) is 5.58. The molecule has 104 valence electrons. The van der Waals surface area contributed by atoms with Crippen LogP contribution in [0.5, 0.6) is 0 Å². The van der Waals surface area contributed by atoms with Gasteiger partial charge in [0.1, 0.15) is 5.82 Å². The number of hydrogen-bond donors (Lipinski definition) is 1. The van der Waals surface area contributed by atoms with Crippen LogP contribution in [0.3, 0.4) is 0 Å². The largest absolute Gasteiger partial charge is 0.337 e. The summed E-state index contributed by atoms with van der Waals surface area (Å²) in [7, 11) is 0. The van der Waals surface area contributed by atoms with Gasteiger partial charge in [0, 0.05) is 0 Å². The van der Waals surface area contributed by atoms with E-state index in [0.717, 1.165) is 26.1 Å². The Balaban J connectivity index is 2.03. The quantitative estimate of drug-likeness (QED) is 0.643. The smallest absolute Gasteiger partial charge is 0.148 e. The highest BCUT2D eigenvalue weighted by Crippen LogP contribution is 2.31. The van der Waals surface area contributed by atoms with Crippen molar-refractivity contribution in [1.82, 2.24) is 9.97 Å². The molecule has 0 amide bonds. The highest BCUT2D eigenvalue weighted by Gasteiger charge is 2.11. The number of nitrogens with zero attached hydrogens (tertiary/aromatic N) is 1. The van der Waals surface area contributed by atoms with Gasteiger partial charge in [-0.3, -0.25) is 0 Å². The maximum absolute atomic E-state index is 5.99. The van der Waals surface area contributed by atoms with Crippen molar-refractivity contribution in [2.75, 3.05) is 0 Å². The molecule has 0 radical (unpaired) electrons. The first-order valence-electron chi connectivity index (χ1n) is 6.96. The number of H-pyrrole nitrogens is 1. The van der Waals surface area contributed by atoms with Gasteiger partial charge in [0.2, 0.25) is 0 Å². The van der Waals surface area contributed by atoms with E-state index in [0.29, 0.717) is 5.92 Å². The molecule has 0 fully saturated rings. The van der Waals surface area contributed by atoms with Crippen molar-refractivity contribution < 1.29 is 0 Å². The zero-order chi connectivity index (χ0) is 14.1. The number of fused-ring (bicyclic) bond motifs is 1. The predicted molar refractivity (Wildman–Crippen MR) is 87.7 cm³/mol. The minimum Gasteiger partial charge on any atom is -0.337 e. The van der Waals surface area contributed by atoms with Gasteiger partial charge in [0.05, 0.1) is 20.2 Å². The number of aromatic nitrogens is 2. The van der Waals surface area contributed by atoms with Crippen molar-refractivity contribution in [3.63, 3.8) is 0 Å². The van der Waals surface area contributed by atoms with Gasteiger partial charge in [-0.25, -0.2) is 4.98 Å². The van der Waals surface area contributed by atoms with Crippen molar-refractivity contribution in [3.05, 3.63) is 40.2 Å². The van der Waals surface area contributed by atoms with E-state index < -0.39 is 0 Å². The summed E-state index contributed by atoms with van der Waals surface area (Å²) >= 11 is 7.54. The molecule has 3 rings (SSSR count). The van der Waals surface area contributed by atoms with E-state index in [1.54, 1.807) is 11.3 Å². The van der Waals surface area contributed by atoms with E-state index in [4.69, 9.17) is 11.6 Å². The maximum atomic E-state index is 5.99. The van der Waals surface area contributed by atoms with Crippen LogP contribution in [0.25, 0.3) is 21.7 Å². The molecule has 0 spiro atoms. The molecule has 0 saturated heterocycles. The fourth-order valence-corrected chi connectivity index (χ4v) is 3.59. The van der Waals surface area contributed by atoms with Crippen LogP contribution < -0.4 is 0 Å². The minimum atomic E-state index is 0.627. The zero-order valence-corrected chi connectivity index (χ0v) is 13.2. The molecule has 2 aromatic heterocycles. The van der Waals surface area contributed by atoms with Crippen LogP contribution in [0.4, 0.5) is 0 Å². The van der Waals surface area contributed by atoms with Gasteiger partial charge in [-0.05, 0) is 48.6 Å². The molecule has 0 unspecified atom stereocenters. The van der Waals surface area contributed by atoms with Gasteiger partial charge in [-0.15, -0.1) is 11.3 Å². The number of hydrogen-bond acceptors (Lipinski definition) is 2. The summed E-state index contributed by atoms with van der Waals surface area (Å²) < 4.78 is 0.790. The molecule has 1 N–H and O–H groups in total. The lowest BCUT2D eigenvalue weighted by molar-refractivity contribution is 0.642. The minimum absolute atomic E-state index is 0.627. The molecule has 0 aliphatic heterocycles. The first-order valence-corrected chi connectivity index (χ1v) is 8.16. The number of aromatic amines is 1. The Labute approximate surface area is 127 Å². The Morgan fingerprint density at radius 3 is 2.65 bits per heavy atom. The fourth-order valence-electron chi connectivity index (χ4n) is 2.60. The van der Waals surface area contributed by atoms with Crippen molar-refractivity contribution in [1.29, 1.82) is 0 Å². The second-order valence-electron chi connectivity index (χ2n) is 4.98. The number of halogens is 1. The summed E-state index contributed by atoms with van der Waals surface area (Å²) in [4.78, 5) is 9.13. The molecule has 1 aromatic carbocycles. The zero-order valence-electron chi connectivity index (χ0n) is 11.6. The van der Waals surface area contributed by atoms with Gasteiger partial charge < -0.3 is 4.98 Å². The van der Waals surface area contributed by atoms with Crippen LogP contribution in [0.1, 0.15) is 38.2 Å². The molecule has 2 heterocycles. The van der Waals surface area contributed by atoms with Gasteiger partial charge in [0.15, 0.2) is 0 Å². The molecule has 0 bridgehead atoms. The predicted octanol–water partition coefficient (Wildman–Crippen LogP) is 5.85. The lowest BCUT2D eigenvalue weighted by Crippen LogP contribution is -1.94. The molecule has 20 heavy (non-hydrogen) atoms. The summed E-state index contributed by atoms with van der Waals surface area (Å²) in [6.07, 6.45) is 2.34. The second-order valence-corrected chi connectivity index (χ2v) is 6.69. The van der Waals surface area contributed by atoms with Crippen LogP contribution in [0, 0.1) is 0 Å². The van der Waals surface area contributed by atoms with E-state index >= 15 is 0 Å². The normalized spacial score (nSPS) is 11.6. The molecule has 0 aliphatic rings. The van der Waals surface area contributed by atoms with Crippen molar-refractivity contribution in [2.24, 2.45) is 0 Å². The first kappa shape index (κ1) is 13.7. The SMILES string of the molecule is CCC(CC)c1ccc2nc(-c3ccc(Cl)s3)[nH]c2c1. The third-order valence-corrected chi connectivity index (χ3v) is 5.01. The van der Waals surface area contributed by atoms with Crippen LogP contribution in [0.2, 0.25) is 4.34 Å². The maximum Gasteiger partial charge on any atom is 0.148 e. The average Bonchev–Trinajstić information content (AvgIpc) is 3.05. The van der Waals surface area contributed by atoms with Crippen molar-refractivity contribution in [2.45, 2.75) is 32.6 Å². The number of imidazole rings is 1. The molecule has 2 nitrogen and oxygen atoms in total. The monoisotopic (exact) mass is 304 g/mol. The molecule has 0 saturated carbocycles. The van der Waals surface area contributed by atoms with E-state index in [2.05, 4.69) is 42.0 Å². The highest BCUT2D eigenvalue weighted by molar-refractivity contribution is 7.19. The van der Waals surface area contributed by atoms with Gasteiger partial charge >= 0.3 is 0 Å². The van der Waals surface area contributed by atoms with Gasteiger partial charge in [0.25, 0.3) is 0 Å². The fraction of sp³-hybridized carbons (Fsp3) is 0.312. The lowest BCUT2D eigenvalue weighted by Gasteiger charge is -2.12. The van der Waals surface area contributed by atoms with E-state index in [1.807, 2.05) is 12.1 Å². The van der Waals surface area contributed by atoms with Crippen molar-refractivity contribution >= 4 is 34.0 Å². The highest BCUT2D eigenvalue weighted by atomic mass is 35.5. The van der Waals surface area contributed by atoms with E-state index in [-0.39, 0.29) is 0 Å². The van der Waals surface area contributed by atoms with Gasteiger partial charge in [-0.2, -0.15) is 0 Å². The van der Waals surface area contributed by atoms with Crippen LogP contribution in [0.15, 0.2) is 30.3 Å². The third-order valence-electron chi connectivity index (χ3n) is 3.77. The molecule has 3 aromatic rings. The Hall–Kier alpha value is -1.32. The average molecular weight is 305 g/mol. The topological polar surface area (TPSA) is 28.7 Å². The number of thiophene rings is 1. The summed E-state index contributed by atoms with van der Waals surface area (Å²) in [5, 5.41) is 0. The Morgan fingerprint density at radius 1 is 1.20 bits per heavy atom. The Bertz CT molecular complexity index is 725. The Morgan fingerprint density at radius 2 is 2.00 bits per heavy atom. The number of nitrogens with one attached hydrogen (secondary N) is 1. The Kier molecular flexibility index (Phi) is 3.81. The number of benzene rings is 1. The summed E-state index contributed by atoms with van der Waals surface area (Å²) in [6, 6.07) is 10.5. The van der Waals surface area contributed by atoms with Crippen LogP contribution >= 0.6 is 22.9 Å². The molecule has 0 aliphatic carbocycles. The van der Waals surface area contributed by atoms with Gasteiger partial charge in [-0.1, -0.05) is 31.5 Å². The van der Waals surface area contributed by atoms with Crippen LogP contribution in [-0.4, -0.2) is 9.97 Å². The first-order chi connectivity index (χ1) is 9.71.